The molecular formula is C25H28N2OS. The molecule has 150 valence electrons. The molecule has 3 aromatic rings. The highest BCUT2D eigenvalue weighted by Gasteiger charge is 2.30. The van der Waals surface area contributed by atoms with Crippen LogP contribution < -0.4 is 4.90 Å². The number of carbonyl (C=O) groups is 1. The summed E-state index contributed by atoms with van der Waals surface area (Å²) < 4.78 is 0. The van der Waals surface area contributed by atoms with Gasteiger partial charge in [-0.3, -0.25) is 9.69 Å². The second-order valence-electron chi connectivity index (χ2n) is 7.91. The first-order valence-electron chi connectivity index (χ1n) is 10.3. The molecule has 0 unspecified atom stereocenters. The van der Waals surface area contributed by atoms with Crippen LogP contribution in [0.25, 0.3) is 0 Å². The van der Waals surface area contributed by atoms with Crippen LogP contribution in [0.15, 0.2) is 66.0 Å². The van der Waals surface area contributed by atoms with Gasteiger partial charge in [0.05, 0.1) is 4.88 Å². The van der Waals surface area contributed by atoms with Crippen molar-refractivity contribution in [1.29, 1.82) is 0 Å². The molecule has 0 aliphatic carbocycles. The zero-order valence-electron chi connectivity index (χ0n) is 17.2. The lowest BCUT2D eigenvalue weighted by molar-refractivity contribution is 0.0962. The normalized spacial score (nSPS) is 15.4. The van der Waals surface area contributed by atoms with Crippen molar-refractivity contribution in [3.8, 4) is 0 Å². The Balaban J connectivity index is 1.46. The van der Waals surface area contributed by atoms with Gasteiger partial charge < -0.3 is 4.90 Å². The van der Waals surface area contributed by atoms with Gasteiger partial charge >= 0.3 is 0 Å². The number of hydrogen-bond acceptors (Lipinski definition) is 3. The molecule has 0 N–H and O–H groups in total. The Morgan fingerprint density at radius 2 is 1.76 bits per heavy atom. The molecule has 0 bridgehead atoms. The Morgan fingerprint density at radius 1 is 1.00 bits per heavy atom. The Hall–Kier alpha value is -2.43. The zero-order chi connectivity index (χ0) is 20.2. The van der Waals surface area contributed by atoms with Gasteiger partial charge in [-0.15, -0.1) is 11.3 Å². The van der Waals surface area contributed by atoms with E-state index in [4.69, 9.17) is 0 Å². The number of para-hydroxylation sites is 1. The largest absolute Gasteiger partial charge is 0.305 e. The van der Waals surface area contributed by atoms with Crippen molar-refractivity contribution >= 4 is 22.9 Å². The average molecular weight is 405 g/mol. The number of hydrogen-bond donors (Lipinski definition) is 0. The number of likely N-dealkylation sites (tertiary alicyclic amines) is 1. The number of nitrogens with zero attached hydrogens (tertiary/aromatic N) is 2. The summed E-state index contributed by atoms with van der Waals surface area (Å²) in [4.78, 5) is 18.6. The summed E-state index contributed by atoms with van der Waals surface area (Å²) in [6.07, 6.45) is 1.99. The first-order valence-corrected chi connectivity index (χ1v) is 11.2. The minimum atomic E-state index is 0.124. The highest BCUT2D eigenvalue weighted by atomic mass is 32.1. The van der Waals surface area contributed by atoms with Gasteiger partial charge in [-0.2, -0.15) is 0 Å². The monoisotopic (exact) mass is 404 g/mol. The predicted molar refractivity (Wildman–Crippen MR) is 122 cm³/mol. The van der Waals surface area contributed by atoms with E-state index < -0.39 is 0 Å². The Morgan fingerprint density at radius 3 is 2.41 bits per heavy atom. The molecule has 29 heavy (non-hydrogen) atoms. The van der Waals surface area contributed by atoms with Crippen LogP contribution in [0.4, 0.5) is 5.69 Å². The van der Waals surface area contributed by atoms with E-state index in [1.807, 2.05) is 52.7 Å². The molecule has 1 aliphatic rings. The van der Waals surface area contributed by atoms with Crippen LogP contribution >= 0.6 is 11.3 Å². The second-order valence-corrected chi connectivity index (χ2v) is 8.86. The number of anilines is 1. The smallest absolute Gasteiger partial charge is 0.268 e. The fourth-order valence-electron chi connectivity index (χ4n) is 4.10. The Bertz CT molecular complexity index is 944. The molecule has 0 spiro atoms. The minimum absolute atomic E-state index is 0.124. The summed E-state index contributed by atoms with van der Waals surface area (Å²) in [7, 11) is 0. The molecule has 1 aliphatic heterocycles. The van der Waals surface area contributed by atoms with Gasteiger partial charge in [0.15, 0.2) is 0 Å². The lowest BCUT2D eigenvalue weighted by atomic mass is 10.00. The highest BCUT2D eigenvalue weighted by Crippen LogP contribution is 2.27. The number of rotatable bonds is 5. The number of thiophene rings is 1. The molecule has 0 saturated carbocycles. The maximum absolute atomic E-state index is 13.3. The SMILES string of the molecule is Cc1ccc(CN2CCC(N(C(=O)c3cccs3)c3ccccc3)CC2)cc1C. The van der Waals surface area contributed by atoms with Crippen molar-refractivity contribution in [1.82, 2.24) is 4.90 Å². The van der Waals surface area contributed by atoms with Crippen molar-refractivity contribution in [2.45, 2.75) is 39.3 Å². The van der Waals surface area contributed by atoms with E-state index in [2.05, 4.69) is 36.9 Å². The molecule has 0 atom stereocenters. The van der Waals surface area contributed by atoms with Gasteiger partial charge in [0.1, 0.15) is 0 Å². The fourth-order valence-corrected chi connectivity index (χ4v) is 4.76. The number of benzene rings is 2. The molecule has 1 fully saturated rings. The first kappa shape index (κ1) is 19.9. The second kappa shape index (κ2) is 8.93. The molecule has 4 heteroatoms. The third-order valence-corrected chi connectivity index (χ3v) is 6.74. The molecule has 4 rings (SSSR count). The van der Waals surface area contributed by atoms with E-state index in [-0.39, 0.29) is 11.9 Å². The van der Waals surface area contributed by atoms with Crippen LogP contribution in [-0.2, 0) is 6.54 Å². The maximum atomic E-state index is 13.3. The molecule has 1 amide bonds. The van der Waals surface area contributed by atoms with Crippen LogP contribution in [0.3, 0.4) is 0 Å². The first-order chi connectivity index (χ1) is 14.1. The summed E-state index contributed by atoms with van der Waals surface area (Å²) in [5.41, 5.74) is 5.08. The molecule has 3 nitrogen and oxygen atoms in total. The minimum Gasteiger partial charge on any atom is -0.305 e. The van der Waals surface area contributed by atoms with E-state index >= 15 is 0 Å². The van der Waals surface area contributed by atoms with Crippen molar-refractivity contribution in [3.63, 3.8) is 0 Å². The average Bonchev–Trinajstić information content (AvgIpc) is 3.28. The Labute approximate surface area is 177 Å². The van der Waals surface area contributed by atoms with Crippen LogP contribution in [0.5, 0.6) is 0 Å². The number of carbonyl (C=O) groups excluding carboxylic acids is 1. The molecular weight excluding hydrogens is 376 g/mol. The van der Waals surface area contributed by atoms with E-state index in [0.717, 1.165) is 43.0 Å². The zero-order valence-corrected chi connectivity index (χ0v) is 18.0. The van der Waals surface area contributed by atoms with Gasteiger partial charge in [-0.1, -0.05) is 42.5 Å². The number of piperidine rings is 1. The van der Waals surface area contributed by atoms with Crippen LogP contribution in [0, 0.1) is 13.8 Å². The van der Waals surface area contributed by atoms with Crippen LogP contribution in [0.1, 0.15) is 39.2 Å². The summed E-state index contributed by atoms with van der Waals surface area (Å²) in [6, 6.07) is 21.0. The lowest BCUT2D eigenvalue weighted by Crippen LogP contribution is -2.47. The van der Waals surface area contributed by atoms with E-state index in [1.165, 1.54) is 28.0 Å². The fraction of sp³-hybridized carbons (Fsp3) is 0.320. The summed E-state index contributed by atoms with van der Waals surface area (Å²) in [5, 5.41) is 1.97. The summed E-state index contributed by atoms with van der Waals surface area (Å²) in [5.74, 6) is 0.124. The van der Waals surface area contributed by atoms with Gasteiger partial charge in [-0.05, 0) is 67.0 Å². The van der Waals surface area contributed by atoms with Crippen molar-refractivity contribution in [2.75, 3.05) is 18.0 Å². The molecule has 0 radical (unpaired) electrons. The van der Waals surface area contributed by atoms with Crippen molar-refractivity contribution in [2.24, 2.45) is 0 Å². The number of aryl methyl sites for hydroxylation is 2. The topological polar surface area (TPSA) is 23.6 Å². The van der Waals surface area contributed by atoms with Gasteiger partial charge in [0.25, 0.3) is 5.91 Å². The lowest BCUT2D eigenvalue weighted by Gasteiger charge is -2.38. The molecule has 1 aromatic heterocycles. The van der Waals surface area contributed by atoms with E-state index in [0.29, 0.717) is 0 Å². The van der Waals surface area contributed by atoms with E-state index in [1.54, 1.807) is 0 Å². The molecule has 2 heterocycles. The van der Waals surface area contributed by atoms with E-state index in [9.17, 15) is 4.79 Å². The highest BCUT2D eigenvalue weighted by molar-refractivity contribution is 7.12. The third kappa shape index (κ3) is 4.60. The van der Waals surface area contributed by atoms with Gasteiger partial charge in [0.2, 0.25) is 0 Å². The maximum Gasteiger partial charge on any atom is 0.268 e. The van der Waals surface area contributed by atoms with Gasteiger partial charge in [0, 0.05) is 31.4 Å². The Kier molecular flexibility index (Phi) is 6.12. The summed E-state index contributed by atoms with van der Waals surface area (Å²) in [6.45, 7) is 7.35. The molecule has 2 aromatic carbocycles. The summed E-state index contributed by atoms with van der Waals surface area (Å²) >= 11 is 1.52. The van der Waals surface area contributed by atoms with Crippen LogP contribution in [0.2, 0.25) is 0 Å². The third-order valence-electron chi connectivity index (χ3n) is 5.88. The predicted octanol–water partition coefficient (Wildman–Crippen LogP) is 5.68. The quantitative estimate of drug-likeness (QED) is 0.546. The van der Waals surface area contributed by atoms with Gasteiger partial charge in [-0.25, -0.2) is 0 Å². The standard InChI is InChI=1S/C25H28N2OS/c1-19-10-11-21(17-20(19)2)18-26-14-12-23(13-15-26)27(22-7-4-3-5-8-22)25(28)24-9-6-16-29-24/h3-11,16-17,23H,12-15,18H2,1-2H3. The number of amides is 1. The van der Waals surface area contributed by atoms with Crippen molar-refractivity contribution in [3.05, 3.63) is 87.6 Å². The van der Waals surface area contributed by atoms with Crippen LogP contribution in [-0.4, -0.2) is 29.9 Å². The van der Waals surface area contributed by atoms with Crippen molar-refractivity contribution < 1.29 is 4.79 Å². The molecule has 1 saturated heterocycles.